The lowest BCUT2D eigenvalue weighted by Gasteiger charge is -2.05. The van der Waals surface area contributed by atoms with Crippen LogP contribution in [-0.4, -0.2) is 24.4 Å². The van der Waals surface area contributed by atoms with Gasteiger partial charge < -0.3 is 15.2 Å². The van der Waals surface area contributed by atoms with E-state index in [-0.39, 0.29) is 25.6 Å². The molecular formula is C10H14ClNO3. The molecule has 84 valence electrons. The summed E-state index contributed by atoms with van der Waals surface area (Å²) < 4.78 is 4.61. The number of halogens is 1. The summed E-state index contributed by atoms with van der Waals surface area (Å²) in [4.78, 5) is 10.9. The molecule has 0 aliphatic heterocycles. The summed E-state index contributed by atoms with van der Waals surface area (Å²) in [7, 11) is 0. The third-order valence-electron chi connectivity index (χ3n) is 1.60. The predicted octanol–water partition coefficient (Wildman–Crippen LogP) is 1.33. The maximum Gasteiger partial charge on any atom is 0.407 e. The van der Waals surface area contributed by atoms with Gasteiger partial charge in [-0.25, -0.2) is 4.79 Å². The van der Waals surface area contributed by atoms with E-state index < -0.39 is 6.09 Å². The molecule has 0 unspecified atom stereocenters. The highest BCUT2D eigenvalue weighted by Crippen LogP contribution is 1.97. The second kappa shape index (κ2) is 8.08. The Labute approximate surface area is 94.7 Å². The number of amides is 1. The number of aliphatic hydroxyl groups excluding tert-OH is 1. The first-order valence-corrected chi connectivity index (χ1v) is 4.38. The number of ether oxygens (including phenoxy) is 1. The van der Waals surface area contributed by atoms with Crippen molar-refractivity contribution in [3.63, 3.8) is 0 Å². The maximum atomic E-state index is 10.9. The van der Waals surface area contributed by atoms with Crippen LogP contribution in [0.5, 0.6) is 0 Å². The molecule has 1 amide bonds. The second-order valence-corrected chi connectivity index (χ2v) is 2.70. The molecule has 0 radical (unpaired) electrons. The summed E-state index contributed by atoms with van der Waals surface area (Å²) in [6.07, 6.45) is -0.511. The van der Waals surface area contributed by atoms with Crippen molar-refractivity contribution in [1.82, 2.24) is 5.32 Å². The molecule has 0 saturated carbocycles. The lowest BCUT2D eigenvalue weighted by Crippen LogP contribution is -2.24. The van der Waals surface area contributed by atoms with Crippen LogP contribution in [-0.2, 0) is 11.3 Å². The highest BCUT2D eigenvalue weighted by molar-refractivity contribution is 5.85. The molecule has 0 heterocycles. The Bertz CT molecular complexity index is 279. The molecule has 4 nitrogen and oxygen atoms in total. The van der Waals surface area contributed by atoms with Crippen LogP contribution >= 0.6 is 12.4 Å². The average Bonchev–Trinajstić information content (AvgIpc) is 2.25. The van der Waals surface area contributed by atoms with Crippen molar-refractivity contribution in [2.45, 2.75) is 6.54 Å². The molecule has 0 fully saturated rings. The van der Waals surface area contributed by atoms with Gasteiger partial charge in [-0.3, -0.25) is 0 Å². The number of rotatable bonds is 4. The zero-order valence-electron chi connectivity index (χ0n) is 8.18. The van der Waals surface area contributed by atoms with Crippen LogP contribution < -0.4 is 5.32 Å². The van der Waals surface area contributed by atoms with Crippen molar-refractivity contribution in [2.75, 3.05) is 13.2 Å². The van der Waals surface area contributed by atoms with E-state index in [1.54, 1.807) is 0 Å². The van der Waals surface area contributed by atoms with Crippen molar-refractivity contribution < 1.29 is 14.6 Å². The Hall–Kier alpha value is -1.26. The SMILES string of the molecule is Cl.O=C(NCc1ccccc1)OCCO. The van der Waals surface area contributed by atoms with Gasteiger partial charge in [0.1, 0.15) is 6.61 Å². The van der Waals surface area contributed by atoms with E-state index in [0.29, 0.717) is 6.54 Å². The van der Waals surface area contributed by atoms with Gasteiger partial charge in [-0.05, 0) is 5.56 Å². The predicted molar refractivity (Wildman–Crippen MR) is 59.0 cm³/mol. The molecule has 1 aromatic carbocycles. The van der Waals surface area contributed by atoms with E-state index in [1.807, 2.05) is 30.3 Å². The van der Waals surface area contributed by atoms with Crippen LogP contribution in [0.3, 0.4) is 0 Å². The topological polar surface area (TPSA) is 58.6 Å². The summed E-state index contributed by atoms with van der Waals surface area (Å²) in [5.74, 6) is 0. The number of hydrogen-bond donors (Lipinski definition) is 2. The van der Waals surface area contributed by atoms with Crippen LogP contribution in [0.1, 0.15) is 5.56 Å². The summed E-state index contributed by atoms with van der Waals surface area (Å²) in [5.41, 5.74) is 1.01. The van der Waals surface area contributed by atoms with Crippen LogP contribution in [0.4, 0.5) is 4.79 Å². The van der Waals surface area contributed by atoms with Gasteiger partial charge in [0.15, 0.2) is 0 Å². The van der Waals surface area contributed by atoms with E-state index >= 15 is 0 Å². The van der Waals surface area contributed by atoms with Crippen molar-refractivity contribution >= 4 is 18.5 Å². The number of nitrogens with one attached hydrogen (secondary N) is 1. The van der Waals surface area contributed by atoms with Gasteiger partial charge in [-0.15, -0.1) is 12.4 Å². The third-order valence-corrected chi connectivity index (χ3v) is 1.60. The van der Waals surface area contributed by atoms with Crippen LogP contribution in [0.25, 0.3) is 0 Å². The standard InChI is InChI=1S/C10H13NO3.ClH/c12-6-7-14-10(13)11-8-9-4-2-1-3-5-9;/h1-5,12H,6-8H2,(H,11,13);1H. The molecule has 0 bridgehead atoms. The Kier molecular flexibility index (Phi) is 7.40. The van der Waals surface area contributed by atoms with E-state index in [1.165, 1.54) is 0 Å². The third kappa shape index (κ3) is 5.93. The fraction of sp³-hybridized carbons (Fsp3) is 0.300. The van der Waals surface area contributed by atoms with E-state index in [0.717, 1.165) is 5.56 Å². The summed E-state index contributed by atoms with van der Waals surface area (Å²) in [6.45, 7) is 0.310. The Morgan fingerprint density at radius 2 is 2.00 bits per heavy atom. The highest BCUT2D eigenvalue weighted by Gasteiger charge is 1.99. The molecule has 1 rings (SSSR count). The van der Waals surface area contributed by atoms with Gasteiger partial charge in [0, 0.05) is 6.54 Å². The van der Waals surface area contributed by atoms with Crippen LogP contribution in [0.15, 0.2) is 30.3 Å². The molecule has 0 aliphatic rings. The monoisotopic (exact) mass is 231 g/mol. The number of aliphatic hydroxyl groups is 1. The van der Waals surface area contributed by atoms with Crippen molar-refractivity contribution in [3.8, 4) is 0 Å². The lowest BCUT2D eigenvalue weighted by molar-refractivity contribution is 0.119. The van der Waals surface area contributed by atoms with Crippen molar-refractivity contribution in [2.24, 2.45) is 0 Å². The molecule has 5 heteroatoms. The fourth-order valence-corrected chi connectivity index (χ4v) is 0.959. The second-order valence-electron chi connectivity index (χ2n) is 2.70. The Morgan fingerprint density at radius 1 is 1.33 bits per heavy atom. The van der Waals surface area contributed by atoms with Gasteiger partial charge in [0.05, 0.1) is 6.61 Å². The summed E-state index contributed by atoms with van der Waals surface area (Å²) in [6, 6.07) is 9.53. The van der Waals surface area contributed by atoms with Crippen LogP contribution in [0.2, 0.25) is 0 Å². The smallest absolute Gasteiger partial charge is 0.407 e. The van der Waals surface area contributed by atoms with E-state index in [9.17, 15) is 4.79 Å². The fourth-order valence-electron chi connectivity index (χ4n) is 0.959. The van der Waals surface area contributed by atoms with Crippen LogP contribution in [0, 0.1) is 0 Å². The number of alkyl carbamates (subject to hydrolysis) is 1. The van der Waals surface area contributed by atoms with E-state index in [4.69, 9.17) is 5.11 Å². The number of benzene rings is 1. The first kappa shape index (κ1) is 13.7. The van der Waals surface area contributed by atoms with Gasteiger partial charge in [-0.1, -0.05) is 30.3 Å². The average molecular weight is 232 g/mol. The molecule has 0 atom stereocenters. The largest absolute Gasteiger partial charge is 0.447 e. The van der Waals surface area contributed by atoms with Crippen molar-refractivity contribution in [1.29, 1.82) is 0 Å². The molecule has 1 aromatic rings. The first-order chi connectivity index (χ1) is 6.83. The molecule has 15 heavy (non-hydrogen) atoms. The molecular weight excluding hydrogens is 218 g/mol. The number of carbonyl (C=O) groups excluding carboxylic acids is 1. The molecule has 0 aliphatic carbocycles. The minimum Gasteiger partial charge on any atom is -0.447 e. The molecule has 0 saturated heterocycles. The van der Waals surface area contributed by atoms with Gasteiger partial charge in [0.2, 0.25) is 0 Å². The maximum absolute atomic E-state index is 10.9. The number of carbonyl (C=O) groups is 1. The Balaban J connectivity index is 0.00000196. The summed E-state index contributed by atoms with van der Waals surface area (Å²) >= 11 is 0. The molecule has 0 spiro atoms. The van der Waals surface area contributed by atoms with Gasteiger partial charge in [0.25, 0.3) is 0 Å². The van der Waals surface area contributed by atoms with Gasteiger partial charge in [-0.2, -0.15) is 0 Å². The normalized spacial score (nSPS) is 8.87. The molecule has 2 N–H and O–H groups in total. The summed E-state index contributed by atoms with van der Waals surface area (Å²) in [5, 5.41) is 11.0. The first-order valence-electron chi connectivity index (χ1n) is 4.38. The quantitative estimate of drug-likeness (QED) is 0.822. The lowest BCUT2D eigenvalue weighted by atomic mass is 10.2. The van der Waals surface area contributed by atoms with E-state index in [2.05, 4.69) is 10.1 Å². The minimum absolute atomic E-state index is 0. The highest BCUT2D eigenvalue weighted by atomic mass is 35.5. The zero-order valence-corrected chi connectivity index (χ0v) is 9.00. The minimum atomic E-state index is -0.511. The van der Waals surface area contributed by atoms with Crippen molar-refractivity contribution in [3.05, 3.63) is 35.9 Å². The van der Waals surface area contributed by atoms with Gasteiger partial charge >= 0.3 is 6.09 Å². The number of hydrogen-bond acceptors (Lipinski definition) is 3. The molecule has 0 aromatic heterocycles. The Morgan fingerprint density at radius 3 is 2.60 bits per heavy atom. The zero-order chi connectivity index (χ0) is 10.2.